The van der Waals surface area contributed by atoms with E-state index < -0.39 is 92.5 Å². The highest BCUT2D eigenvalue weighted by molar-refractivity contribution is 7.81. The zero-order chi connectivity index (χ0) is 51.3. The molecule has 4 fully saturated rings. The van der Waals surface area contributed by atoms with Crippen LogP contribution in [0.1, 0.15) is 86.2 Å². The predicted octanol–water partition coefficient (Wildman–Crippen LogP) is -2.13. The lowest BCUT2D eigenvalue weighted by Crippen LogP contribution is -2.56. The molecule has 2 aromatic rings. The van der Waals surface area contributed by atoms with Gasteiger partial charge in [-0.1, -0.05) is 5.16 Å². The first-order valence-corrected chi connectivity index (χ1v) is 24.2. The molecule has 31 nitrogen and oxygen atoms in total. The Labute approximate surface area is 398 Å². The van der Waals surface area contributed by atoms with Gasteiger partial charge in [0.15, 0.2) is 0 Å². The molecule has 4 atom stereocenters. The Kier molecular flexibility index (Phi) is 14.2. The number of imide groups is 2. The fraction of sp³-hybridized carbons (Fsp3) is 0.568. The van der Waals surface area contributed by atoms with Crippen LogP contribution in [0.25, 0.3) is 0 Å². The van der Waals surface area contributed by atoms with Crippen LogP contribution >= 0.6 is 0 Å². The van der Waals surface area contributed by atoms with Crippen molar-refractivity contribution < 1.29 is 78.1 Å². The van der Waals surface area contributed by atoms with Gasteiger partial charge in [0.2, 0.25) is 11.8 Å². The van der Waals surface area contributed by atoms with Crippen molar-refractivity contribution in [1.29, 1.82) is 0 Å². The average molecular weight is 1030 g/mol. The van der Waals surface area contributed by atoms with Gasteiger partial charge in [-0.3, -0.25) is 62.0 Å². The third-order valence-corrected chi connectivity index (χ3v) is 13.3. The van der Waals surface area contributed by atoms with E-state index in [1.54, 1.807) is 27.9 Å². The van der Waals surface area contributed by atoms with Crippen LogP contribution in [0.15, 0.2) is 22.5 Å². The molecule has 8 rings (SSSR count). The summed E-state index contributed by atoms with van der Waals surface area (Å²) in [6.07, 6.45) is 2.30. The maximum Gasteiger partial charge on any atom is 0.418 e. The molecule has 70 heavy (non-hydrogen) atoms. The third-order valence-electron chi connectivity index (χ3n) is 12.6. The van der Waals surface area contributed by atoms with E-state index in [4.69, 9.17) is 9.11 Å². The van der Waals surface area contributed by atoms with Crippen LogP contribution < -0.4 is 0 Å². The second kappa shape index (κ2) is 19.5. The van der Waals surface area contributed by atoms with E-state index >= 15 is 0 Å². The number of nitrogens with zero attached hydrogens (tertiary/aromatic N) is 14. The molecule has 4 bridgehead atoms. The normalized spacial score (nSPS) is 22.8. The summed E-state index contributed by atoms with van der Waals surface area (Å²) in [5, 5.41) is 22.5. The van der Waals surface area contributed by atoms with Gasteiger partial charge in [0.25, 0.3) is 0 Å². The first kappa shape index (κ1) is 50.9. The van der Waals surface area contributed by atoms with Crippen molar-refractivity contribution in [3.05, 3.63) is 34.9 Å². The Bertz CT molecular complexity index is 2640. The van der Waals surface area contributed by atoms with E-state index in [0.29, 0.717) is 51.4 Å². The quantitative estimate of drug-likeness (QED) is 0.0598. The minimum atomic E-state index is -5.01. The smallest absolute Gasteiger partial charge is 0.411 e. The molecule has 4 saturated heterocycles. The molecule has 8 heterocycles. The van der Waals surface area contributed by atoms with Gasteiger partial charge in [-0.25, -0.2) is 9.59 Å². The standard InChI is InChI=1S/C19H25N7O8S.C18H23N7O9S/c1-4-23-7-8-24(18(29)17(23)28)14(27)6-5-12(20-2)16-15-11(9-21-22(15)3)13-10-25(16)19(30)26(13)34-35(31,32)33;1-3-22-6-7-23(17(28)16(22)27)13(26)5-4-11(20-30)15-14-10(8-19-21(14)2)12-9-24(15)18(29)25(12)34-35(31,32)33/h9,13,16H,4-8,10H2,1-3H3,(H,31,32,33);8,12,15,30H,3-7,9H2,1-2H3,(H,31,32,33)/b;20-11+/t13-,16+;12-,15+/m00/s1. The summed E-state index contributed by atoms with van der Waals surface area (Å²) in [4.78, 5) is 112. The van der Waals surface area contributed by atoms with Gasteiger partial charge in [0.1, 0.15) is 24.2 Å². The highest BCUT2D eigenvalue weighted by Crippen LogP contribution is 2.46. The van der Waals surface area contributed by atoms with Crippen molar-refractivity contribution in [2.24, 2.45) is 24.2 Å². The van der Waals surface area contributed by atoms with E-state index in [1.165, 1.54) is 43.5 Å². The first-order valence-electron chi connectivity index (χ1n) is 21.5. The number of urea groups is 2. The van der Waals surface area contributed by atoms with Gasteiger partial charge >= 0.3 is 56.5 Å². The Morgan fingerprint density at radius 2 is 1.03 bits per heavy atom. The highest BCUT2D eigenvalue weighted by atomic mass is 32.3. The van der Waals surface area contributed by atoms with Crippen molar-refractivity contribution in [2.45, 2.75) is 63.7 Å². The number of aliphatic imine (C=N–C) groups is 1. The summed E-state index contributed by atoms with van der Waals surface area (Å²) in [7, 11) is -5.27. The number of rotatable bonds is 14. The number of piperazine rings is 2. The van der Waals surface area contributed by atoms with Gasteiger partial charge in [-0.2, -0.15) is 37.2 Å². The molecule has 0 aromatic carbocycles. The Morgan fingerprint density at radius 3 is 1.39 bits per heavy atom. The summed E-state index contributed by atoms with van der Waals surface area (Å²) < 4.78 is 75.3. The van der Waals surface area contributed by atoms with E-state index in [1.807, 2.05) is 0 Å². The van der Waals surface area contributed by atoms with Crippen LogP contribution in [0.5, 0.6) is 0 Å². The van der Waals surface area contributed by atoms with Crippen LogP contribution in [0.2, 0.25) is 0 Å². The molecule has 6 aliphatic heterocycles. The third kappa shape index (κ3) is 9.40. The summed E-state index contributed by atoms with van der Waals surface area (Å²) in [6.45, 7) is 4.74. The second-order valence-electron chi connectivity index (χ2n) is 16.4. The lowest BCUT2D eigenvalue weighted by molar-refractivity contribution is -0.161. The number of amides is 10. The summed E-state index contributed by atoms with van der Waals surface area (Å²) >= 11 is 0. The number of oxime groups is 1. The summed E-state index contributed by atoms with van der Waals surface area (Å²) in [6, 6.07) is -5.30. The highest BCUT2D eigenvalue weighted by Gasteiger charge is 2.55. The van der Waals surface area contributed by atoms with Crippen LogP contribution in [0, 0.1) is 0 Å². The molecule has 33 heteroatoms. The van der Waals surface area contributed by atoms with Crippen LogP contribution in [-0.2, 0) is 72.2 Å². The molecule has 10 amide bonds. The zero-order valence-corrected chi connectivity index (χ0v) is 39.7. The number of carbonyl (C=O) groups excluding carboxylic acids is 8. The van der Waals surface area contributed by atoms with E-state index in [9.17, 15) is 60.4 Å². The molecular formula is C37H48N14O17S2. The molecule has 0 aliphatic carbocycles. The molecule has 380 valence electrons. The number of hydroxylamine groups is 4. The lowest BCUT2D eigenvalue weighted by atomic mass is 9.92. The topological polar surface area (TPSA) is 370 Å². The van der Waals surface area contributed by atoms with Gasteiger partial charge in [-0.15, -0.1) is 8.57 Å². The Morgan fingerprint density at radius 1 is 0.643 bits per heavy atom. The number of fused-ring (bicyclic) bond motifs is 8. The van der Waals surface area contributed by atoms with Crippen LogP contribution in [0.3, 0.4) is 0 Å². The van der Waals surface area contributed by atoms with E-state index in [2.05, 4.69) is 28.9 Å². The number of hydrogen-bond donors (Lipinski definition) is 3. The summed E-state index contributed by atoms with van der Waals surface area (Å²) in [5.41, 5.74) is 2.22. The maximum absolute atomic E-state index is 13.0. The van der Waals surface area contributed by atoms with Crippen molar-refractivity contribution in [2.75, 3.05) is 59.4 Å². The van der Waals surface area contributed by atoms with E-state index in [0.717, 1.165) is 14.7 Å². The maximum atomic E-state index is 13.0. The molecule has 0 spiro atoms. The fourth-order valence-electron chi connectivity index (χ4n) is 9.31. The monoisotopic (exact) mass is 1020 g/mol. The largest absolute Gasteiger partial charge is 0.418 e. The van der Waals surface area contributed by atoms with Gasteiger partial charge < -0.3 is 24.8 Å². The molecule has 0 saturated carbocycles. The minimum Gasteiger partial charge on any atom is -0.411 e. The lowest BCUT2D eigenvalue weighted by Gasteiger charge is -2.33. The summed E-state index contributed by atoms with van der Waals surface area (Å²) in [5.74, 6) is -4.50. The molecule has 2 aromatic heterocycles. The number of aromatic nitrogens is 4. The Hall–Kier alpha value is -6.94. The number of aryl methyl sites for hydroxylation is 2. The second-order valence-corrected chi connectivity index (χ2v) is 18.4. The SMILES string of the molecule is CCN1CCN(C(=O)CC/C(=N\O)[C@@H]2c3c(cnn3C)[C@@H]3CN2C(=O)N3OS(=O)(=O)O)C(=O)C1=O.CCN1CCN(C(=O)CCC(=NC)[C@@H]2c3c(cnn3C)[C@@H]3CN2C(=O)N3OS(=O)(=O)O)C(=O)C1=O. The van der Waals surface area contributed by atoms with Crippen molar-refractivity contribution >= 4 is 79.7 Å². The number of likely N-dealkylation sites (N-methyl/N-ethyl adjacent to an activating group) is 2. The fourth-order valence-corrected chi connectivity index (χ4v) is 10.1. The minimum absolute atomic E-state index is 0.0327. The first-order chi connectivity index (χ1) is 33.0. The number of carbonyl (C=O) groups is 8. The number of hydrogen-bond acceptors (Lipinski definition) is 19. The predicted molar refractivity (Wildman–Crippen MR) is 230 cm³/mol. The van der Waals surface area contributed by atoms with Crippen molar-refractivity contribution in [1.82, 2.24) is 59.1 Å². The van der Waals surface area contributed by atoms with E-state index in [-0.39, 0.29) is 70.7 Å². The van der Waals surface area contributed by atoms with Crippen LogP contribution in [0.4, 0.5) is 9.59 Å². The van der Waals surface area contributed by atoms with Crippen LogP contribution in [-0.4, -0.2) is 209 Å². The molecule has 0 radical (unpaired) electrons. The average Bonchev–Trinajstić information content (AvgIpc) is 4.03. The molecule has 3 N–H and O–H groups in total. The van der Waals surface area contributed by atoms with Gasteiger partial charge in [0, 0.05) is 96.5 Å². The van der Waals surface area contributed by atoms with Gasteiger partial charge in [0.05, 0.1) is 42.6 Å². The van der Waals surface area contributed by atoms with Crippen molar-refractivity contribution in [3.8, 4) is 0 Å². The molecule has 6 aliphatic rings. The zero-order valence-electron chi connectivity index (χ0n) is 38.1. The molecule has 0 unspecified atom stereocenters. The molecular weight excluding hydrogens is 977 g/mol. The van der Waals surface area contributed by atoms with Crippen molar-refractivity contribution in [3.63, 3.8) is 0 Å². The van der Waals surface area contributed by atoms with Gasteiger partial charge in [-0.05, 0) is 20.3 Å². The Balaban J connectivity index is 0.000000206.